The predicted octanol–water partition coefficient (Wildman–Crippen LogP) is 1.96. The van der Waals surface area contributed by atoms with E-state index in [9.17, 15) is 18.0 Å². The highest BCUT2D eigenvalue weighted by atomic mass is 32.2. The second-order valence-electron chi connectivity index (χ2n) is 5.93. The molecule has 1 aliphatic rings. The van der Waals surface area contributed by atoms with E-state index in [1.165, 1.54) is 4.90 Å². The number of rotatable bonds is 9. The molecule has 6 heteroatoms. The second kappa shape index (κ2) is 7.73. The van der Waals surface area contributed by atoms with Crippen molar-refractivity contribution in [2.24, 2.45) is 0 Å². The van der Waals surface area contributed by atoms with Gasteiger partial charge in [-0.3, -0.25) is 9.59 Å². The van der Waals surface area contributed by atoms with E-state index in [0.717, 1.165) is 12.0 Å². The van der Waals surface area contributed by atoms with Gasteiger partial charge in [0.2, 0.25) is 5.91 Å². The average molecular weight is 337 g/mol. The van der Waals surface area contributed by atoms with Crippen LogP contribution in [-0.4, -0.2) is 42.7 Å². The zero-order valence-corrected chi connectivity index (χ0v) is 14.2. The molecule has 126 valence electrons. The maximum Gasteiger partial charge on any atom is 0.227 e. The number of ketones is 1. The minimum atomic E-state index is -3.33. The van der Waals surface area contributed by atoms with Crippen molar-refractivity contribution in [1.82, 2.24) is 4.90 Å². The molecule has 0 N–H and O–H groups in total. The fourth-order valence-electron chi connectivity index (χ4n) is 2.61. The van der Waals surface area contributed by atoms with Crippen molar-refractivity contribution in [2.75, 3.05) is 12.3 Å². The van der Waals surface area contributed by atoms with E-state index in [0.29, 0.717) is 19.3 Å². The number of hydrogen-bond donors (Lipinski definition) is 0. The summed E-state index contributed by atoms with van der Waals surface area (Å²) in [5.41, 5.74) is 1.06. The molecule has 1 aliphatic heterocycles. The Balaban J connectivity index is 1.88. The highest BCUT2D eigenvalue weighted by Crippen LogP contribution is 2.25. The van der Waals surface area contributed by atoms with Crippen LogP contribution in [0.4, 0.5) is 0 Å². The average Bonchev–Trinajstić information content (AvgIpc) is 2.54. The Morgan fingerprint density at radius 1 is 1.26 bits per heavy atom. The zero-order chi connectivity index (χ0) is 16.9. The number of carbonyl (C=O) groups is 2. The largest absolute Gasteiger partial charge is 0.318 e. The highest BCUT2D eigenvalue weighted by molar-refractivity contribution is 7.92. The van der Waals surface area contributed by atoms with E-state index >= 15 is 0 Å². The molecule has 5 nitrogen and oxygen atoms in total. The summed E-state index contributed by atoms with van der Waals surface area (Å²) in [5, 5.41) is -0.803. The summed E-state index contributed by atoms with van der Waals surface area (Å²) in [6.07, 6.45) is 2.31. The van der Waals surface area contributed by atoms with Crippen molar-refractivity contribution in [2.45, 2.75) is 44.4 Å². The normalized spacial score (nSPS) is 17.9. The Hall–Kier alpha value is -1.69. The third-order valence-electron chi connectivity index (χ3n) is 4.10. The Morgan fingerprint density at radius 3 is 2.57 bits per heavy atom. The topological polar surface area (TPSA) is 71.5 Å². The highest BCUT2D eigenvalue weighted by Gasteiger charge is 2.44. The third-order valence-corrected chi connectivity index (χ3v) is 6.20. The first-order valence-corrected chi connectivity index (χ1v) is 9.72. The van der Waals surface area contributed by atoms with Crippen molar-refractivity contribution in [3.63, 3.8) is 0 Å². The molecule has 1 saturated heterocycles. The van der Waals surface area contributed by atoms with Crippen molar-refractivity contribution in [3.05, 3.63) is 35.9 Å². The van der Waals surface area contributed by atoms with Gasteiger partial charge < -0.3 is 4.90 Å². The second-order valence-corrected chi connectivity index (χ2v) is 8.20. The lowest BCUT2D eigenvalue weighted by Gasteiger charge is -2.39. The summed E-state index contributed by atoms with van der Waals surface area (Å²) in [5.74, 6) is -0.267. The van der Waals surface area contributed by atoms with E-state index in [-0.39, 0.29) is 30.4 Å². The minimum absolute atomic E-state index is 0.0119. The van der Waals surface area contributed by atoms with E-state index in [1.807, 2.05) is 37.3 Å². The van der Waals surface area contributed by atoms with Gasteiger partial charge in [-0.1, -0.05) is 43.7 Å². The van der Waals surface area contributed by atoms with Crippen LogP contribution < -0.4 is 0 Å². The van der Waals surface area contributed by atoms with Crippen LogP contribution >= 0.6 is 0 Å². The first-order chi connectivity index (χ1) is 10.9. The van der Waals surface area contributed by atoms with Crippen molar-refractivity contribution < 1.29 is 18.0 Å². The molecule has 0 spiro atoms. The third kappa shape index (κ3) is 4.64. The number of amides is 1. The van der Waals surface area contributed by atoms with Crippen LogP contribution in [0.15, 0.2) is 30.3 Å². The number of hydrogen-bond acceptors (Lipinski definition) is 4. The molecule has 0 saturated carbocycles. The summed E-state index contributed by atoms with van der Waals surface area (Å²) >= 11 is 0. The van der Waals surface area contributed by atoms with Gasteiger partial charge in [0.05, 0.1) is 18.7 Å². The number of sulfone groups is 1. The first kappa shape index (κ1) is 17.7. The van der Waals surface area contributed by atoms with Gasteiger partial charge in [-0.2, -0.15) is 0 Å². The summed E-state index contributed by atoms with van der Waals surface area (Å²) in [6.45, 7) is 1.83. The fourth-order valence-corrected chi connectivity index (χ4v) is 4.55. The number of β-lactam (4-membered cyclic amide) rings is 1. The van der Waals surface area contributed by atoms with Gasteiger partial charge in [0.1, 0.15) is 5.37 Å². The van der Waals surface area contributed by atoms with Gasteiger partial charge in [0.15, 0.2) is 15.6 Å². The predicted molar refractivity (Wildman–Crippen MR) is 88.6 cm³/mol. The fraction of sp³-hybridized carbons (Fsp3) is 0.529. The van der Waals surface area contributed by atoms with E-state index in [4.69, 9.17) is 0 Å². The number of likely N-dealkylation sites (tertiary alicyclic amines) is 1. The molecule has 23 heavy (non-hydrogen) atoms. The molecular formula is C17H23NO4S. The lowest BCUT2D eigenvalue weighted by molar-refractivity contribution is -0.145. The molecule has 1 heterocycles. The molecule has 1 unspecified atom stereocenters. The Bertz CT molecular complexity index is 654. The number of aryl methyl sites for hydroxylation is 1. The van der Waals surface area contributed by atoms with Crippen LogP contribution in [0.2, 0.25) is 0 Å². The number of nitrogens with zero attached hydrogens (tertiary/aromatic N) is 1. The van der Waals surface area contributed by atoms with Gasteiger partial charge in [0.25, 0.3) is 0 Å². The number of carbonyl (C=O) groups excluding carboxylic acids is 2. The minimum Gasteiger partial charge on any atom is -0.318 e. The van der Waals surface area contributed by atoms with Crippen molar-refractivity contribution >= 4 is 21.5 Å². The molecule has 1 aromatic carbocycles. The number of unbranched alkanes of at least 4 members (excludes halogenated alkanes) is 1. The molecule has 0 bridgehead atoms. The van der Waals surface area contributed by atoms with E-state index in [2.05, 4.69) is 0 Å². The molecule has 1 amide bonds. The molecule has 1 aromatic rings. The maximum atomic E-state index is 12.2. The quantitative estimate of drug-likeness (QED) is 0.646. The van der Waals surface area contributed by atoms with Crippen LogP contribution in [0, 0.1) is 0 Å². The smallest absolute Gasteiger partial charge is 0.227 e. The molecule has 1 fully saturated rings. The summed E-state index contributed by atoms with van der Waals surface area (Å²) < 4.78 is 24.4. The lowest BCUT2D eigenvalue weighted by atomic mass is 10.1. The van der Waals surface area contributed by atoms with Gasteiger partial charge in [-0.25, -0.2) is 8.42 Å². The molecule has 0 aromatic heterocycles. The maximum absolute atomic E-state index is 12.2. The summed E-state index contributed by atoms with van der Waals surface area (Å²) in [4.78, 5) is 25.0. The van der Waals surface area contributed by atoms with Crippen LogP contribution in [0.5, 0.6) is 0 Å². The number of Topliss-reactive ketones (excluding diaryl/α,β-unsaturated/α-hetero) is 1. The Morgan fingerprint density at radius 2 is 1.96 bits per heavy atom. The standard InChI is InChI=1S/C17H23NO4S/c1-2-3-11-23(21,22)17-12-16(20)18(17)13-15(19)10-9-14-7-5-4-6-8-14/h4-8,17H,2-3,9-13H2,1H3. The van der Waals surface area contributed by atoms with Gasteiger partial charge in [-0.15, -0.1) is 0 Å². The monoisotopic (exact) mass is 337 g/mol. The lowest BCUT2D eigenvalue weighted by Crippen LogP contribution is -2.58. The van der Waals surface area contributed by atoms with Gasteiger partial charge >= 0.3 is 0 Å². The van der Waals surface area contributed by atoms with Crippen molar-refractivity contribution in [3.8, 4) is 0 Å². The molecule has 1 atom stereocenters. The molecule has 0 radical (unpaired) electrons. The Labute approximate surface area is 137 Å². The zero-order valence-electron chi connectivity index (χ0n) is 13.4. The first-order valence-electron chi connectivity index (χ1n) is 8.00. The molecular weight excluding hydrogens is 314 g/mol. The van der Waals surface area contributed by atoms with Crippen molar-refractivity contribution in [1.29, 1.82) is 0 Å². The van der Waals surface area contributed by atoms with Crippen LogP contribution in [0.25, 0.3) is 0 Å². The summed E-state index contributed by atoms with van der Waals surface area (Å²) in [7, 11) is -3.33. The van der Waals surface area contributed by atoms with E-state index < -0.39 is 15.2 Å². The van der Waals surface area contributed by atoms with Crippen LogP contribution in [0.1, 0.15) is 38.2 Å². The summed E-state index contributed by atoms with van der Waals surface area (Å²) in [6, 6.07) is 9.63. The van der Waals surface area contributed by atoms with Gasteiger partial charge in [0, 0.05) is 6.42 Å². The van der Waals surface area contributed by atoms with E-state index in [1.54, 1.807) is 0 Å². The Kier molecular flexibility index (Phi) is 5.93. The van der Waals surface area contributed by atoms with Crippen LogP contribution in [0.3, 0.4) is 0 Å². The molecule has 0 aliphatic carbocycles. The number of benzene rings is 1. The van der Waals surface area contributed by atoms with Gasteiger partial charge in [-0.05, 0) is 18.4 Å². The van der Waals surface area contributed by atoms with Crippen LogP contribution in [-0.2, 0) is 25.8 Å². The SMILES string of the molecule is CCCCS(=O)(=O)C1CC(=O)N1CC(=O)CCc1ccccc1. The molecule has 2 rings (SSSR count).